The Bertz CT molecular complexity index is 634. The Morgan fingerprint density at radius 2 is 2.20 bits per heavy atom. The molecule has 0 spiro atoms. The SMILES string of the molecule is CCc1nn(C)c(NCc2cccc(C)c2)c1[N+](=O)[O-]. The summed E-state index contributed by atoms with van der Waals surface area (Å²) in [5, 5.41) is 18.5. The van der Waals surface area contributed by atoms with E-state index in [0.29, 0.717) is 24.5 Å². The monoisotopic (exact) mass is 274 g/mol. The van der Waals surface area contributed by atoms with Crippen molar-refractivity contribution in [3.8, 4) is 0 Å². The number of aromatic nitrogens is 2. The summed E-state index contributed by atoms with van der Waals surface area (Å²) in [5.74, 6) is 0.452. The van der Waals surface area contributed by atoms with Crippen molar-refractivity contribution in [1.82, 2.24) is 9.78 Å². The van der Waals surface area contributed by atoms with E-state index in [1.54, 1.807) is 7.05 Å². The minimum absolute atomic E-state index is 0.0719. The zero-order valence-corrected chi connectivity index (χ0v) is 11.9. The lowest BCUT2D eigenvalue weighted by Crippen LogP contribution is -2.06. The standard InChI is InChI=1S/C14H18N4O2/c1-4-12-13(18(19)20)14(17(3)16-12)15-9-11-7-5-6-10(2)8-11/h5-8,15H,4,9H2,1-3H3. The molecule has 0 saturated heterocycles. The summed E-state index contributed by atoms with van der Waals surface area (Å²) in [7, 11) is 1.71. The summed E-state index contributed by atoms with van der Waals surface area (Å²) < 4.78 is 1.53. The van der Waals surface area contributed by atoms with Gasteiger partial charge in [-0.2, -0.15) is 5.10 Å². The molecule has 0 fully saturated rings. The normalized spacial score (nSPS) is 10.6. The van der Waals surface area contributed by atoms with Crippen molar-refractivity contribution in [3.63, 3.8) is 0 Å². The molecule has 1 aromatic heterocycles. The first kappa shape index (κ1) is 14.0. The van der Waals surface area contributed by atoms with Gasteiger partial charge in [-0.15, -0.1) is 0 Å². The van der Waals surface area contributed by atoms with Crippen LogP contribution in [0.1, 0.15) is 23.7 Å². The van der Waals surface area contributed by atoms with Crippen LogP contribution in [0.25, 0.3) is 0 Å². The molecule has 0 unspecified atom stereocenters. The largest absolute Gasteiger partial charge is 0.360 e. The summed E-state index contributed by atoms with van der Waals surface area (Å²) >= 11 is 0. The van der Waals surface area contributed by atoms with Gasteiger partial charge in [0, 0.05) is 13.6 Å². The quantitative estimate of drug-likeness (QED) is 0.672. The maximum absolute atomic E-state index is 11.2. The van der Waals surface area contributed by atoms with Crippen LogP contribution >= 0.6 is 0 Å². The Labute approximate surface area is 117 Å². The van der Waals surface area contributed by atoms with E-state index in [-0.39, 0.29) is 10.6 Å². The molecule has 0 saturated carbocycles. The molecular weight excluding hydrogens is 256 g/mol. The van der Waals surface area contributed by atoms with Crippen LogP contribution in [0.15, 0.2) is 24.3 Å². The molecule has 20 heavy (non-hydrogen) atoms. The molecule has 0 aliphatic carbocycles. The molecule has 0 atom stereocenters. The first-order chi connectivity index (χ1) is 9.52. The lowest BCUT2D eigenvalue weighted by Gasteiger charge is -2.07. The third kappa shape index (κ3) is 2.79. The minimum atomic E-state index is -0.371. The van der Waals surface area contributed by atoms with E-state index in [1.165, 1.54) is 4.68 Å². The van der Waals surface area contributed by atoms with Crippen LogP contribution in [0, 0.1) is 17.0 Å². The number of hydrogen-bond donors (Lipinski definition) is 1. The maximum atomic E-state index is 11.2. The predicted octanol–water partition coefficient (Wildman–Crippen LogP) is 2.81. The number of aryl methyl sites for hydroxylation is 3. The smallest absolute Gasteiger partial charge is 0.333 e. The number of rotatable bonds is 5. The van der Waals surface area contributed by atoms with Crippen LogP contribution in [-0.4, -0.2) is 14.7 Å². The number of nitrogens with zero attached hydrogens (tertiary/aromatic N) is 3. The molecule has 6 heteroatoms. The highest BCUT2D eigenvalue weighted by Gasteiger charge is 2.25. The topological polar surface area (TPSA) is 73.0 Å². The molecule has 6 nitrogen and oxygen atoms in total. The summed E-state index contributed by atoms with van der Waals surface area (Å²) in [6, 6.07) is 8.03. The van der Waals surface area contributed by atoms with E-state index in [1.807, 2.05) is 32.0 Å². The van der Waals surface area contributed by atoms with Crippen molar-refractivity contribution in [1.29, 1.82) is 0 Å². The summed E-state index contributed by atoms with van der Waals surface area (Å²) in [6.07, 6.45) is 0.538. The van der Waals surface area contributed by atoms with Gasteiger partial charge >= 0.3 is 5.69 Å². The van der Waals surface area contributed by atoms with Gasteiger partial charge in [-0.1, -0.05) is 36.8 Å². The highest BCUT2D eigenvalue weighted by Crippen LogP contribution is 2.28. The predicted molar refractivity (Wildman–Crippen MR) is 77.7 cm³/mol. The molecule has 2 rings (SSSR count). The average molecular weight is 274 g/mol. The van der Waals surface area contributed by atoms with Crippen LogP contribution in [0.4, 0.5) is 11.5 Å². The van der Waals surface area contributed by atoms with E-state index in [9.17, 15) is 10.1 Å². The molecule has 0 aliphatic heterocycles. The fourth-order valence-corrected chi connectivity index (χ4v) is 2.20. The van der Waals surface area contributed by atoms with Crippen molar-refractivity contribution < 1.29 is 4.92 Å². The molecule has 1 heterocycles. The van der Waals surface area contributed by atoms with Crippen LogP contribution in [0.2, 0.25) is 0 Å². The highest BCUT2D eigenvalue weighted by molar-refractivity contribution is 5.60. The number of hydrogen-bond acceptors (Lipinski definition) is 4. The molecule has 2 aromatic rings. The Hall–Kier alpha value is -2.37. The van der Waals surface area contributed by atoms with Gasteiger partial charge in [0.15, 0.2) is 0 Å². The summed E-state index contributed by atoms with van der Waals surface area (Å²) in [5.41, 5.74) is 2.82. The molecule has 1 aromatic carbocycles. The number of anilines is 1. The fourth-order valence-electron chi connectivity index (χ4n) is 2.20. The Morgan fingerprint density at radius 3 is 2.80 bits per heavy atom. The van der Waals surface area contributed by atoms with Crippen molar-refractivity contribution in [3.05, 3.63) is 51.2 Å². The van der Waals surface area contributed by atoms with Crippen LogP contribution in [0.3, 0.4) is 0 Å². The van der Waals surface area contributed by atoms with E-state index >= 15 is 0 Å². The van der Waals surface area contributed by atoms with E-state index in [2.05, 4.69) is 16.5 Å². The second-order valence-corrected chi connectivity index (χ2v) is 4.72. The third-order valence-corrected chi connectivity index (χ3v) is 3.15. The lowest BCUT2D eigenvalue weighted by molar-refractivity contribution is -0.384. The zero-order chi connectivity index (χ0) is 14.7. The van der Waals surface area contributed by atoms with Crippen LogP contribution in [-0.2, 0) is 20.0 Å². The van der Waals surface area contributed by atoms with Gasteiger partial charge in [-0.05, 0) is 18.9 Å². The van der Waals surface area contributed by atoms with E-state index in [0.717, 1.165) is 11.1 Å². The van der Waals surface area contributed by atoms with Crippen LogP contribution in [0.5, 0.6) is 0 Å². The molecule has 1 N–H and O–H groups in total. The first-order valence-corrected chi connectivity index (χ1v) is 6.52. The Kier molecular flexibility index (Phi) is 4.02. The maximum Gasteiger partial charge on any atom is 0.333 e. The Balaban J connectivity index is 2.25. The fraction of sp³-hybridized carbons (Fsp3) is 0.357. The van der Waals surface area contributed by atoms with Gasteiger partial charge in [0.1, 0.15) is 5.69 Å². The number of nitrogens with one attached hydrogen (secondary N) is 1. The minimum Gasteiger partial charge on any atom is -0.360 e. The van der Waals surface area contributed by atoms with Crippen molar-refractivity contribution >= 4 is 11.5 Å². The highest BCUT2D eigenvalue weighted by atomic mass is 16.6. The van der Waals surface area contributed by atoms with Crippen molar-refractivity contribution in [2.45, 2.75) is 26.8 Å². The van der Waals surface area contributed by atoms with E-state index in [4.69, 9.17) is 0 Å². The van der Waals surface area contributed by atoms with Crippen LogP contribution < -0.4 is 5.32 Å². The third-order valence-electron chi connectivity index (χ3n) is 3.15. The van der Waals surface area contributed by atoms with E-state index < -0.39 is 0 Å². The van der Waals surface area contributed by atoms with Crippen molar-refractivity contribution in [2.24, 2.45) is 7.05 Å². The average Bonchev–Trinajstić information content (AvgIpc) is 2.73. The first-order valence-electron chi connectivity index (χ1n) is 6.52. The lowest BCUT2D eigenvalue weighted by atomic mass is 10.1. The molecule has 106 valence electrons. The summed E-state index contributed by atoms with van der Waals surface area (Å²) in [6.45, 7) is 4.41. The van der Waals surface area contributed by atoms with Gasteiger partial charge in [0.2, 0.25) is 5.82 Å². The van der Waals surface area contributed by atoms with Gasteiger partial charge in [0.05, 0.1) is 4.92 Å². The van der Waals surface area contributed by atoms with Gasteiger partial charge in [0.25, 0.3) is 0 Å². The molecule has 0 bridgehead atoms. The van der Waals surface area contributed by atoms with Gasteiger partial charge < -0.3 is 5.32 Å². The van der Waals surface area contributed by atoms with Gasteiger partial charge in [-0.3, -0.25) is 10.1 Å². The van der Waals surface area contributed by atoms with Gasteiger partial charge in [-0.25, -0.2) is 4.68 Å². The molecule has 0 aliphatic rings. The Morgan fingerprint density at radius 1 is 1.45 bits per heavy atom. The molecule has 0 amide bonds. The second-order valence-electron chi connectivity index (χ2n) is 4.72. The molecular formula is C14H18N4O2. The number of benzene rings is 1. The summed E-state index contributed by atoms with van der Waals surface area (Å²) in [4.78, 5) is 10.8. The zero-order valence-electron chi connectivity index (χ0n) is 11.9. The molecule has 0 radical (unpaired) electrons. The second kappa shape index (κ2) is 5.73. The number of nitro groups is 1. The van der Waals surface area contributed by atoms with Crippen molar-refractivity contribution in [2.75, 3.05) is 5.32 Å².